The summed E-state index contributed by atoms with van der Waals surface area (Å²) in [5, 5.41) is 9.01. The largest absolute Gasteiger partial charge is 0.482 e. The number of ether oxygens (including phenoxy) is 1. The third kappa shape index (κ3) is 3.64. The van der Waals surface area contributed by atoms with E-state index in [-0.39, 0.29) is 12.5 Å². The van der Waals surface area contributed by atoms with E-state index >= 15 is 0 Å². The first-order valence-electron chi connectivity index (χ1n) is 6.91. The molecule has 0 radical (unpaired) electrons. The number of carbonyl (C=O) groups excluding carboxylic acids is 1. The molecular weight excluding hydrogens is 254 g/mol. The van der Waals surface area contributed by atoms with Crippen molar-refractivity contribution in [2.45, 2.75) is 25.7 Å². The Hall–Kier alpha value is -2.22. The zero-order valence-corrected chi connectivity index (χ0v) is 11.5. The van der Waals surface area contributed by atoms with Crippen molar-refractivity contribution in [3.63, 3.8) is 0 Å². The summed E-state index contributed by atoms with van der Waals surface area (Å²) in [5.41, 5.74) is 6.47. The monoisotopic (exact) mass is 273 g/mol. The van der Waals surface area contributed by atoms with Crippen LogP contribution in [0.1, 0.15) is 31.2 Å². The fourth-order valence-corrected chi connectivity index (χ4v) is 2.31. The fraction of sp³-hybridized carbons (Fsp3) is 0.467. The third-order valence-electron chi connectivity index (χ3n) is 3.43. The Morgan fingerprint density at radius 2 is 2.00 bits per heavy atom. The smallest absolute Gasteiger partial charge is 0.260 e. The predicted molar refractivity (Wildman–Crippen MR) is 76.1 cm³/mol. The maximum absolute atomic E-state index is 12.1. The molecule has 0 bridgehead atoms. The Bertz CT molecular complexity index is 514. The molecule has 1 aliphatic rings. The average Bonchev–Trinajstić information content (AvgIpc) is 2.74. The lowest BCUT2D eigenvalue weighted by Crippen LogP contribution is -2.35. The lowest BCUT2D eigenvalue weighted by molar-refractivity contribution is -0.133. The molecule has 106 valence electrons. The molecule has 0 saturated carbocycles. The van der Waals surface area contributed by atoms with Gasteiger partial charge in [0, 0.05) is 18.8 Å². The molecule has 5 nitrogen and oxygen atoms in total. The van der Waals surface area contributed by atoms with E-state index in [1.54, 1.807) is 18.2 Å². The van der Waals surface area contributed by atoms with E-state index in [1.807, 2.05) is 11.0 Å². The van der Waals surface area contributed by atoms with Crippen LogP contribution in [0.3, 0.4) is 0 Å². The lowest BCUT2D eigenvalue weighted by atomic mass is 10.2. The molecule has 1 heterocycles. The molecule has 0 unspecified atom stereocenters. The molecule has 20 heavy (non-hydrogen) atoms. The minimum atomic E-state index is -0.0292. The zero-order valence-electron chi connectivity index (χ0n) is 11.5. The highest BCUT2D eigenvalue weighted by Gasteiger charge is 2.16. The van der Waals surface area contributed by atoms with Crippen molar-refractivity contribution >= 4 is 11.6 Å². The number of nitrogen functional groups attached to an aromatic ring is 1. The quantitative estimate of drug-likeness (QED) is 0.853. The summed E-state index contributed by atoms with van der Waals surface area (Å²) in [7, 11) is 0. The summed E-state index contributed by atoms with van der Waals surface area (Å²) >= 11 is 0. The molecule has 1 aromatic carbocycles. The molecule has 0 aromatic heterocycles. The van der Waals surface area contributed by atoms with Gasteiger partial charge in [-0.25, -0.2) is 0 Å². The fourth-order valence-electron chi connectivity index (χ4n) is 2.31. The highest BCUT2D eigenvalue weighted by molar-refractivity contribution is 5.78. The molecule has 1 aromatic rings. The summed E-state index contributed by atoms with van der Waals surface area (Å²) in [6.07, 6.45) is 4.47. The van der Waals surface area contributed by atoms with Crippen molar-refractivity contribution in [1.82, 2.24) is 4.90 Å². The molecule has 2 rings (SSSR count). The van der Waals surface area contributed by atoms with Crippen molar-refractivity contribution in [3.05, 3.63) is 23.8 Å². The van der Waals surface area contributed by atoms with Crippen LogP contribution in [0, 0.1) is 11.3 Å². The van der Waals surface area contributed by atoms with E-state index in [9.17, 15) is 4.79 Å². The molecule has 1 aliphatic heterocycles. The number of nitriles is 1. The van der Waals surface area contributed by atoms with Gasteiger partial charge < -0.3 is 15.4 Å². The average molecular weight is 273 g/mol. The first-order valence-corrected chi connectivity index (χ1v) is 6.91. The van der Waals surface area contributed by atoms with Gasteiger partial charge in [-0.05, 0) is 31.0 Å². The Morgan fingerprint density at radius 3 is 2.65 bits per heavy atom. The molecule has 2 N–H and O–H groups in total. The van der Waals surface area contributed by atoms with Gasteiger partial charge in [0.15, 0.2) is 6.61 Å². The van der Waals surface area contributed by atoms with Gasteiger partial charge in [-0.1, -0.05) is 12.8 Å². The Labute approximate surface area is 118 Å². The van der Waals surface area contributed by atoms with Gasteiger partial charge in [-0.2, -0.15) is 5.26 Å². The maximum atomic E-state index is 12.1. The molecule has 0 atom stereocenters. The van der Waals surface area contributed by atoms with Crippen LogP contribution in [0.25, 0.3) is 0 Å². The highest BCUT2D eigenvalue weighted by Crippen LogP contribution is 2.20. The molecule has 1 fully saturated rings. The first kappa shape index (κ1) is 14.2. The standard InChI is InChI=1S/C15H19N3O2/c16-10-12-9-13(17)5-6-14(12)20-11-15(19)18-7-3-1-2-4-8-18/h5-6,9H,1-4,7-8,11,17H2. The van der Waals surface area contributed by atoms with Crippen LogP contribution in [0.5, 0.6) is 5.75 Å². The minimum Gasteiger partial charge on any atom is -0.482 e. The Morgan fingerprint density at radius 1 is 1.30 bits per heavy atom. The van der Waals surface area contributed by atoms with Crippen molar-refractivity contribution < 1.29 is 9.53 Å². The topological polar surface area (TPSA) is 79.4 Å². The van der Waals surface area contributed by atoms with Crippen LogP contribution in [0.4, 0.5) is 5.69 Å². The van der Waals surface area contributed by atoms with Gasteiger partial charge in [-0.15, -0.1) is 0 Å². The van der Waals surface area contributed by atoms with Gasteiger partial charge >= 0.3 is 0 Å². The Kier molecular flexibility index (Phi) is 4.83. The van der Waals surface area contributed by atoms with Crippen LogP contribution in [0.2, 0.25) is 0 Å². The van der Waals surface area contributed by atoms with Gasteiger partial charge in [-0.3, -0.25) is 4.79 Å². The third-order valence-corrected chi connectivity index (χ3v) is 3.43. The summed E-state index contributed by atoms with van der Waals surface area (Å²) < 4.78 is 5.47. The van der Waals surface area contributed by atoms with E-state index in [4.69, 9.17) is 15.7 Å². The number of hydrogen-bond donors (Lipinski definition) is 1. The van der Waals surface area contributed by atoms with E-state index in [0.717, 1.165) is 25.9 Å². The summed E-state index contributed by atoms with van der Waals surface area (Å²) in [6, 6.07) is 6.86. The van der Waals surface area contributed by atoms with Crippen LogP contribution in [0.15, 0.2) is 18.2 Å². The number of hydrogen-bond acceptors (Lipinski definition) is 4. The molecule has 0 aliphatic carbocycles. The SMILES string of the molecule is N#Cc1cc(N)ccc1OCC(=O)N1CCCCCC1. The number of nitrogens with zero attached hydrogens (tertiary/aromatic N) is 2. The number of anilines is 1. The summed E-state index contributed by atoms with van der Waals surface area (Å²) in [6.45, 7) is 1.57. The van der Waals surface area contributed by atoms with Crippen molar-refractivity contribution in [2.24, 2.45) is 0 Å². The van der Waals surface area contributed by atoms with Gasteiger partial charge in [0.25, 0.3) is 5.91 Å². The zero-order chi connectivity index (χ0) is 14.4. The second kappa shape index (κ2) is 6.80. The van der Waals surface area contributed by atoms with Crippen molar-refractivity contribution in [1.29, 1.82) is 5.26 Å². The van der Waals surface area contributed by atoms with Crippen LogP contribution < -0.4 is 10.5 Å². The molecule has 1 saturated heterocycles. The number of amides is 1. The van der Waals surface area contributed by atoms with E-state index in [0.29, 0.717) is 17.0 Å². The van der Waals surface area contributed by atoms with Crippen LogP contribution in [-0.2, 0) is 4.79 Å². The number of carbonyl (C=O) groups is 1. The number of rotatable bonds is 3. The summed E-state index contributed by atoms with van der Waals surface area (Å²) in [4.78, 5) is 13.9. The van der Waals surface area contributed by atoms with Crippen molar-refractivity contribution in [2.75, 3.05) is 25.4 Å². The Balaban J connectivity index is 1.94. The van der Waals surface area contributed by atoms with E-state index in [1.165, 1.54) is 12.8 Å². The van der Waals surface area contributed by atoms with Crippen LogP contribution >= 0.6 is 0 Å². The van der Waals surface area contributed by atoms with Crippen LogP contribution in [-0.4, -0.2) is 30.5 Å². The van der Waals surface area contributed by atoms with Gasteiger partial charge in [0.1, 0.15) is 11.8 Å². The lowest BCUT2D eigenvalue weighted by Gasteiger charge is -2.20. The number of likely N-dealkylation sites (tertiary alicyclic amines) is 1. The number of benzene rings is 1. The normalized spacial score (nSPS) is 15.2. The van der Waals surface area contributed by atoms with Gasteiger partial charge in [0.2, 0.25) is 0 Å². The van der Waals surface area contributed by atoms with Crippen molar-refractivity contribution in [3.8, 4) is 11.8 Å². The molecule has 0 spiro atoms. The molecule has 5 heteroatoms. The number of nitrogens with two attached hydrogens (primary N) is 1. The highest BCUT2D eigenvalue weighted by atomic mass is 16.5. The maximum Gasteiger partial charge on any atom is 0.260 e. The second-order valence-electron chi connectivity index (χ2n) is 4.95. The van der Waals surface area contributed by atoms with E-state index < -0.39 is 0 Å². The molecule has 1 amide bonds. The minimum absolute atomic E-state index is 0.0207. The predicted octanol–water partition coefficient (Wildman–Crippen LogP) is 1.92. The molecular formula is C15H19N3O2. The summed E-state index contributed by atoms with van der Waals surface area (Å²) in [5.74, 6) is 0.387. The first-order chi connectivity index (χ1) is 9.70. The van der Waals surface area contributed by atoms with E-state index in [2.05, 4.69) is 0 Å². The van der Waals surface area contributed by atoms with Gasteiger partial charge in [0.05, 0.1) is 5.56 Å². The second-order valence-corrected chi connectivity index (χ2v) is 4.95.